The fourth-order valence-electron chi connectivity index (χ4n) is 1.00. The molecular formula is C8H10N4Se. The van der Waals surface area contributed by atoms with Crippen LogP contribution in [0.25, 0.3) is 0 Å². The van der Waals surface area contributed by atoms with Crippen molar-refractivity contribution in [1.29, 1.82) is 0 Å². The summed E-state index contributed by atoms with van der Waals surface area (Å²) in [5.41, 5.74) is 2.31. The number of hydrogen-bond donors (Lipinski definition) is 2. The van der Waals surface area contributed by atoms with E-state index in [1.165, 1.54) is 8.92 Å². The topological polar surface area (TPSA) is 57.4 Å². The molecule has 68 valence electrons. The van der Waals surface area contributed by atoms with Crippen LogP contribution in [0.15, 0.2) is 12.4 Å². The number of nitrogens with zero attached hydrogens (tertiary/aromatic N) is 2. The second-order valence-corrected chi connectivity index (χ2v) is 5.09. The summed E-state index contributed by atoms with van der Waals surface area (Å²) in [4.78, 5) is 0. The Labute approximate surface area is 82.3 Å². The van der Waals surface area contributed by atoms with E-state index in [4.69, 9.17) is 0 Å². The van der Waals surface area contributed by atoms with Crippen molar-refractivity contribution in [3.63, 3.8) is 0 Å². The van der Waals surface area contributed by atoms with Crippen LogP contribution >= 0.6 is 0 Å². The van der Waals surface area contributed by atoms with E-state index in [9.17, 15) is 0 Å². The summed E-state index contributed by atoms with van der Waals surface area (Å²) < 4.78 is 2.58. The number of nitrogens with one attached hydrogen (secondary N) is 2. The van der Waals surface area contributed by atoms with Crippen molar-refractivity contribution in [3.8, 4) is 0 Å². The SMILES string of the molecule is Cc1[nH]ncc1[Se]c1cn[nH]c1C. The van der Waals surface area contributed by atoms with Crippen LogP contribution in [0.5, 0.6) is 0 Å². The molecule has 13 heavy (non-hydrogen) atoms. The van der Waals surface area contributed by atoms with Crippen LogP contribution in [0.2, 0.25) is 0 Å². The number of H-pyrrole nitrogens is 2. The van der Waals surface area contributed by atoms with Crippen LogP contribution in [0.4, 0.5) is 0 Å². The Hall–Kier alpha value is -1.06. The molecule has 0 atom stereocenters. The zero-order valence-electron chi connectivity index (χ0n) is 7.46. The maximum absolute atomic E-state index is 3.99. The van der Waals surface area contributed by atoms with E-state index in [1.54, 1.807) is 0 Å². The Kier molecular flexibility index (Phi) is 2.20. The average Bonchev–Trinajstić information content (AvgIpc) is 2.65. The number of rotatable bonds is 2. The second-order valence-electron chi connectivity index (χ2n) is 2.82. The van der Waals surface area contributed by atoms with E-state index < -0.39 is 0 Å². The van der Waals surface area contributed by atoms with Crippen LogP contribution in [0, 0.1) is 13.8 Å². The van der Waals surface area contributed by atoms with Gasteiger partial charge in [0.2, 0.25) is 0 Å². The van der Waals surface area contributed by atoms with Gasteiger partial charge in [-0.2, -0.15) is 0 Å². The molecule has 2 heterocycles. The average molecular weight is 241 g/mol. The molecule has 2 N–H and O–H groups in total. The third kappa shape index (κ3) is 1.66. The molecule has 2 rings (SSSR count). The van der Waals surface area contributed by atoms with Crippen molar-refractivity contribution < 1.29 is 0 Å². The minimum absolute atomic E-state index is 0.314. The van der Waals surface area contributed by atoms with Gasteiger partial charge in [-0.25, -0.2) is 0 Å². The van der Waals surface area contributed by atoms with Gasteiger partial charge in [-0.1, -0.05) is 0 Å². The van der Waals surface area contributed by atoms with Gasteiger partial charge in [-0.05, 0) is 0 Å². The van der Waals surface area contributed by atoms with Crippen LogP contribution in [-0.4, -0.2) is 35.4 Å². The predicted molar refractivity (Wildman–Crippen MR) is 51.7 cm³/mol. The van der Waals surface area contributed by atoms with Gasteiger partial charge in [0.25, 0.3) is 0 Å². The summed E-state index contributed by atoms with van der Waals surface area (Å²) in [5, 5.41) is 13.9. The van der Waals surface area contributed by atoms with Gasteiger partial charge < -0.3 is 0 Å². The molecule has 0 amide bonds. The van der Waals surface area contributed by atoms with Crippen molar-refractivity contribution in [2.24, 2.45) is 0 Å². The number of aromatic nitrogens is 4. The second kappa shape index (κ2) is 3.36. The summed E-state index contributed by atoms with van der Waals surface area (Å²) >= 11 is 0.314. The zero-order valence-corrected chi connectivity index (χ0v) is 9.17. The first kappa shape index (κ1) is 8.53. The van der Waals surface area contributed by atoms with E-state index >= 15 is 0 Å². The van der Waals surface area contributed by atoms with E-state index in [0.717, 1.165) is 11.4 Å². The molecule has 0 aromatic carbocycles. The Balaban J connectivity index is 2.24. The van der Waals surface area contributed by atoms with Gasteiger partial charge >= 0.3 is 81.9 Å². The Morgan fingerprint density at radius 2 is 1.46 bits per heavy atom. The first-order chi connectivity index (χ1) is 6.27. The Morgan fingerprint density at radius 3 is 1.77 bits per heavy atom. The van der Waals surface area contributed by atoms with E-state index in [-0.39, 0.29) is 0 Å². The molecule has 2 aromatic heterocycles. The number of aryl methyl sites for hydroxylation is 2. The van der Waals surface area contributed by atoms with Crippen molar-refractivity contribution in [3.05, 3.63) is 23.8 Å². The predicted octanol–water partition coefficient (Wildman–Crippen LogP) is -0.595. The summed E-state index contributed by atoms with van der Waals surface area (Å²) in [7, 11) is 0. The molecule has 0 aliphatic heterocycles. The van der Waals surface area contributed by atoms with E-state index in [2.05, 4.69) is 20.4 Å². The van der Waals surface area contributed by atoms with E-state index in [0.29, 0.717) is 15.0 Å². The monoisotopic (exact) mass is 242 g/mol. The third-order valence-corrected chi connectivity index (χ3v) is 4.44. The minimum atomic E-state index is 0.314. The van der Waals surface area contributed by atoms with Gasteiger partial charge in [0.05, 0.1) is 0 Å². The summed E-state index contributed by atoms with van der Waals surface area (Å²) in [6.45, 7) is 4.08. The van der Waals surface area contributed by atoms with Crippen LogP contribution in [-0.2, 0) is 0 Å². The molecular weight excluding hydrogens is 231 g/mol. The van der Waals surface area contributed by atoms with Crippen molar-refractivity contribution in [2.45, 2.75) is 13.8 Å². The molecule has 0 bridgehead atoms. The fourth-order valence-corrected chi connectivity index (χ4v) is 2.78. The molecule has 0 unspecified atom stereocenters. The molecule has 0 fully saturated rings. The first-order valence-corrected chi connectivity index (χ1v) is 5.66. The molecule has 5 heteroatoms. The zero-order chi connectivity index (χ0) is 9.26. The molecule has 0 saturated heterocycles. The number of hydrogen-bond acceptors (Lipinski definition) is 2. The van der Waals surface area contributed by atoms with Gasteiger partial charge in [-0.3, -0.25) is 0 Å². The quantitative estimate of drug-likeness (QED) is 0.690. The van der Waals surface area contributed by atoms with Crippen LogP contribution < -0.4 is 8.92 Å². The third-order valence-electron chi connectivity index (χ3n) is 1.79. The summed E-state index contributed by atoms with van der Waals surface area (Å²) in [6, 6.07) is 0. The van der Waals surface area contributed by atoms with Gasteiger partial charge in [0.1, 0.15) is 0 Å². The van der Waals surface area contributed by atoms with E-state index in [1.807, 2.05) is 26.2 Å². The molecule has 0 aliphatic carbocycles. The van der Waals surface area contributed by atoms with Crippen molar-refractivity contribution in [2.75, 3.05) is 0 Å². The standard InChI is InChI=1S/C8H10N4Se/c1-5-7(3-9-11-5)13-8-4-10-12-6(8)2/h3-4H,1-2H3,(H,9,11)(H,10,12). The van der Waals surface area contributed by atoms with Gasteiger partial charge in [0.15, 0.2) is 0 Å². The fraction of sp³-hybridized carbons (Fsp3) is 0.250. The normalized spacial score (nSPS) is 10.6. The Bertz CT molecular complexity index is 365. The van der Waals surface area contributed by atoms with Gasteiger partial charge in [0, 0.05) is 0 Å². The molecule has 4 nitrogen and oxygen atoms in total. The molecule has 0 radical (unpaired) electrons. The first-order valence-electron chi connectivity index (χ1n) is 3.95. The Morgan fingerprint density at radius 1 is 1.00 bits per heavy atom. The van der Waals surface area contributed by atoms with Crippen molar-refractivity contribution >= 4 is 23.9 Å². The van der Waals surface area contributed by atoms with Crippen LogP contribution in [0.3, 0.4) is 0 Å². The molecule has 0 aliphatic rings. The summed E-state index contributed by atoms with van der Waals surface area (Å²) in [5.74, 6) is 0. The maximum atomic E-state index is 3.99. The number of aromatic amines is 2. The van der Waals surface area contributed by atoms with Crippen LogP contribution in [0.1, 0.15) is 11.4 Å². The molecule has 0 spiro atoms. The molecule has 2 aromatic rings. The van der Waals surface area contributed by atoms with Crippen molar-refractivity contribution in [1.82, 2.24) is 20.4 Å². The molecule has 0 saturated carbocycles. The van der Waals surface area contributed by atoms with Gasteiger partial charge in [-0.15, -0.1) is 0 Å². The summed E-state index contributed by atoms with van der Waals surface area (Å²) in [6.07, 6.45) is 3.78.